The van der Waals surface area contributed by atoms with E-state index in [1.807, 2.05) is 31.3 Å². The number of hydrogen-bond donors (Lipinski definition) is 2. The second kappa shape index (κ2) is 6.65. The third-order valence-corrected chi connectivity index (χ3v) is 1.88. The highest BCUT2D eigenvalue weighted by molar-refractivity contribution is 5.85. The Kier molecular flexibility index (Phi) is 6.28. The van der Waals surface area contributed by atoms with E-state index < -0.39 is 6.10 Å². The van der Waals surface area contributed by atoms with Gasteiger partial charge in [0.1, 0.15) is 5.75 Å². The summed E-state index contributed by atoms with van der Waals surface area (Å²) < 4.78 is 5.05. The zero-order chi connectivity index (χ0) is 9.68. The van der Waals surface area contributed by atoms with Crippen LogP contribution in [0.25, 0.3) is 0 Å². The number of likely N-dealkylation sites (N-methyl/N-ethyl adjacent to an activating group) is 1. The molecule has 1 unspecified atom stereocenters. The largest absolute Gasteiger partial charge is 0.497 e. The van der Waals surface area contributed by atoms with Crippen molar-refractivity contribution in [2.24, 2.45) is 0 Å². The summed E-state index contributed by atoms with van der Waals surface area (Å²) in [5, 5.41) is 12.5. The predicted molar refractivity (Wildman–Crippen MR) is 59.1 cm³/mol. The van der Waals surface area contributed by atoms with Crippen molar-refractivity contribution in [3.63, 3.8) is 0 Å². The van der Waals surface area contributed by atoms with Crippen LogP contribution >= 0.6 is 12.4 Å². The van der Waals surface area contributed by atoms with E-state index in [1.54, 1.807) is 7.11 Å². The van der Waals surface area contributed by atoms with E-state index in [2.05, 4.69) is 5.32 Å². The van der Waals surface area contributed by atoms with E-state index in [-0.39, 0.29) is 12.4 Å². The average Bonchev–Trinajstić information content (AvgIpc) is 2.18. The van der Waals surface area contributed by atoms with Gasteiger partial charge in [0, 0.05) is 6.54 Å². The van der Waals surface area contributed by atoms with Gasteiger partial charge in [0.2, 0.25) is 0 Å². The molecule has 0 bridgehead atoms. The van der Waals surface area contributed by atoms with Crippen LogP contribution in [0.2, 0.25) is 0 Å². The van der Waals surface area contributed by atoms with Crippen LogP contribution in [0.5, 0.6) is 5.75 Å². The van der Waals surface area contributed by atoms with Gasteiger partial charge in [-0.05, 0) is 24.7 Å². The number of methoxy groups -OCH3 is 1. The highest BCUT2D eigenvalue weighted by atomic mass is 35.5. The molecule has 1 aromatic rings. The molecular weight excluding hydrogens is 202 g/mol. The number of nitrogens with one attached hydrogen (secondary N) is 1. The lowest BCUT2D eigenvalue weighted by molar-refractivity contribution is 0.177. The first-order valence-electron chi connectivity index (χ1n) is 4.24. The molecule has 0 aliphatic carbocycles. The normalized spacial score (nSPS) is 11.6. The number of hydrogen-bond acceptors (Lipinski definition) is 3. The third-order valence-electron chi connectivity index (χ3n) is 1.88. The maximum Gasteiger partial charge on any atom is 0.119 e. The zero-order valence-corrected chi connectivity index (χ0v) is 9.17. The minimum Gasteiger partial charge on any atom is -0.497 e. The lowest BCUT2D eigenvalue weighted by atomic mass is 10.1. The summed E-state index contributed by atoms with van der Waals surface area (Å²) in [6, 6.07) is 7.44. The van der Waals surface area contributed by atoms with Crippen molar-refractivity contribution in [3.05, 3.63) is 29.8 Å². The van der Waals surface area contributed by atoms with E-state index in [0.29, 0.717) is 6.54 Å². The summed E-state index contributed by atoms with van der Waals surface area (Å²) in [5.41, 5.74) is 0.869. The van der Waals surface area contributed by atoms with Crippen molar-refractivity contribution < 1.29 is 9.84 Å². The standard InChI is InChI=1S/C10H15NO2.ClH/c1-11-7-10(12)8-4-3-5-9(6-8)13-2;/h3-6,10-12H,7H2,1-2H3;1H. The van der Waals surface area contributed by atoms with E-state index in [4.69, 9.17) is 4.74 Å². The van der Waals surface area contributed by atoms with Gasteiger partial charge in [0.25, 0.3) is 0 Å². The summed E-state index contributed by atoms with van der Waals surface area (Å²) >= 11 is 0. The molecule has 14 heavy (non-hydrogen) atoms. The maximum absolute atomic E-state index is 9.62. The molecule has 0 saturated carbocycles. The number of ether oxygens (including phenoxy) is 1. The first-order chi connectivity index (χ1) is 6.27. The van der Waals surface area contributed by atoms with E-state index >= 15 is 0 Å². The molecule has 0 fully saturated rings. The summed E-state index contributed by atoms with van der Waals surface area (Å²) in [5.74, 6) is 0.771. The van der Waals surface area contributed by atoms with Crippen LogP contribution in [0, 0.1) is 0 Å². The number of rotatable bonds is 4. The quantitative estimate of drug-likeness (QED) is 0.801. The molecule has 0 aliphatic rings. The molecule has 1 rings (SSSR count). The number of aliphatic hydroxyl groups is 1. The fourth-order valence-electron chi connectivity index (χ4n) is 1.16. The van der Waals surface area contributed by atoms with Crippen molar-refractivity contribution in [1.29, 1.82) is 0 Å². The summed E-state index contributed by atoms with van der Waals surface area (Å²) in [4.78, 5) is 0. The predicted octanol–water partition coefficient (Wildman–Crippen LogP) is 1.37. The van der Waals surface area contributed by atoms with E-state index in [9.17, 15) is 5.11 Å². The van der Waals surface area contributed by atoms with Gasteiger partial charge in [-0.2, -0.15) is 0 Å². The lowest BCUT2D eigenvalue weighted by Gasteiger charge is -2.10. The summed E-state index contributed by atoms with van der Waals surface area (Å²) in [6.45, 7) is 0.549. The van der Waals surface area contributed by atoms with Gasteiger partial charge in [0.05, 0.1) is 13.2 Å². The van der Waals surface area contributed by atoms with E-state index in [1.165, 1.54) is 0 Å². The van der Waals surface area contributed by atoms with Crippen molar-refractivity contribution in [1.82, 2.24) is 5.32 Å². The molecule has 0 saturated heterocycles. The maximum atomic E-state index is 9.62. The minimum absolute atomic E-state index is 0. The monoisotopic (exact) mass is 217 g/mol. The first kappa shape index (κ1) is 13.2. The van der Waals surface area contributed by atoms with Crippen molar-refractivity contribution in [2.75, 3.05) is 20.7 Å². The third kappa shape index (κ3) is 3.54. The zero-order valence-electron chi connectivity index (χ0n) is 8.36. The summed E-state index contributed by atoms with van der Waals surface area (Å²) in [6.07, 6.45) is -0.472. The van der Waals surface area contributed by atoms with Gasteiger partial charge in [-0.25, -0.2) is 0 Å². The highest BCUT2D eigenvalue weighted by Crippen LogP contribution is 2.18. The van der Waals surface area contributed by atoms with Gasteiger partial charge in [-0.15, -0.1) is 12.4 Å². The molecule has 2 N–H and O–H groups in total. The topological polar surface area (TPSA) is 41.5 Å². The van der Waals surface area contributed by atoms with Crippen LogP contribution in [0.15, 0.2) is 24.3 Å². The number of halogens is 1. The molecule has 0 radical (unpaired) electrons. The SMILES string of the molecule is CNCC(O)c1cccc(OC)c1.Cl. The molecule has 0 aromatic heterocycles. The Morgan fingerprint density at radius 1 is 1.50 bits per heavy atom. The second-order valence-electron chi connectivity index (χ2n) is 2.85. The Labute approximate surface area is 90.5 Å². The van der Waals surface area contributed by atoms with Gasteiger partial charge in [-0.1, -0.05) is 12.1 Å². The molecular formula is C10H16ClNO2. The van der Waals surface area contributed by atoms with Crippen LogP contribution in [0.1, 0.15) is 11.7 Å². The van der Waals surface area contributed by atoms with Crippen LogP contribution in [-0.2, 0) is 0 Å². The molecule has 3 nitrogen and oxygen atoms in total. The van der Waals surface area contributed by atoms with Crippen molar-refractivity contribution in [3.8, 4) is 5.75 Å². The number of benzene rings is 1. The van der Waals surface area contributed by atoms with Gasteiger partial charge in [-0.3, -0.25) is 0 Å². The van der Waals surface area contributed by atoms with Gasteiger partial charge < -0.3 is 15.2 Å². The fourth-order valence-corrected chi connectivity index (χ4v) is 1.16. The molecule has 4 heteroatoms. The smallest absolute Gasteiger partial charge is 0.119 e. The van der Waals surface area contributed by atoms with Gasteiger partial charge >= 0.3 is 0 Å². The lowest BCUT2D eigenvalue weighted by Crippen LogP contribution is -2.16. The highest BCUT2D eigenvalue weighted by Gasteiger charge is 2.06. The molecule has 80 valence electrons. The Hall–Kier alpha value is -0.770. The van der Waals surface area contributed by atoms with Crippen LogP contribution in [0.4, 0.5) is 0 Å². The first-order valence-corrected chi connectivity index (χ1v) is 4.24. The molecule has 1 aromatic carbocycles. The fraction of sp³-hybridized carbons (Fsp3) is 0.400. The minimum atomic E-state index is -0.472. The average molecular weight is 218 g/mol. The Bertz CT molecular complexity index is 268. The van der Waals surface area contributed by atoms with Crippen molar-refractivity contribution >= 4 is 12.4 Å². The van der Waals surface area contributed by atoms with Crippen LogP contribution in [-0.4, -0.2) is 25.8 Å². The molecule has 0 aliphatic heterocycles. The number of aliphatic hydroxyl groups excluding tert-OH is 1. The van der Waals surface area contributed by atoms with Crippen LogP contribution in [0.3, 0.4) is 0 Å². The van der Waals surface area contributed by atoms with Crippen LogP contribution < -0.4 is 10.1 Å². The second-order valence-corrected chi connectivity index (χ2v) is 2.85. The molecule has 0 heterocycles. The Morgan fingerprint density at radius 3 is 2.79 bits per heavy atom. The molecule has 0 spiro atoms. The summed E-state index contributed by atoms with van der Waals surface area (Å²) in [7, 11) is 3.42. The Balaban J connectivity index is 0.00000169. The molecule has 1 atom stereocenters. The van der Waals surface area contributed by atoms with Gasteiger partial charge in [0.15, 0.2) is 0 Å². The van der Waals surface area contributed by atoms with Crippen molar-refractivity contribution in [2.45, 2.75) is 6.10 Å². The van der Waals surface area contributed by atoms with E-state index in [0.717, 1.165) is 11.3 Å². The molecule has 0 amide bonds. The Morgan fingerprint density at radius 2 is 2.21 bits per heavy atom.